The fraction of sp³-hybridized carbons (Fsp3) is 0.364. The Morgan fingerprint density at radius 2 is 2.00 bits per heavy atom. The van der Waals surface area contributed by atoms with Crippen LogP contribution in [0.3, 0.4) is 0 Å². The zero-order valence-corrected chi connectivity index (χ0v) is 18.3. The highest BCUT2D eigenvalue weighted by molar-refractivity contribution is 7.19. The van der Waals surface area contributed by atoms with Crippen molar-refractivity contribution in [3.05, 3.63) is 52.8 Å². The number of aromatic nitrogens is 3. The van der Waals surface area contributed by atoms with Gasteiger partial charge in [0.25, 0.3) is 5.91 Å². The van der Waals surface area contributed by atoms with E-state index in [9.17, 15) is 9.59 Å². The second-order valence-electron chi connectivity index (χ2n) is 7.90. The number of anilines is 1. The van der Waals surface area contributed by atoms with Gasteiger partial charge in [-0.25, -0.2) is 4.98 Å². The minimum atomic E-state index is -0.170. The van der Waals surface area contributed by atoms with Crippen molar-refractivity contribution < 1.29 is 9.59 Å². The maximum atomic E-state index is 13.1. The Hall–Kier alpha value is -3.00. The number of amides is 2. The van der Waals surface area contributed by atoms with Crippen LogP contribution in [0, 0.1) is 0 Å². The van der Waals surface area contributed by atoms with E-state index < -0.39 is 0 Å². The molecular formula is C22H25N5O2S. The number of thiazole rings is 1. The van der Waals surface area contributed by atoms with Crippen molar-refractivity contribution in [2.45, 2.75) is 52.6 Å². The van der Waals surface area contributed by atoms with Gasteiger partial charge < -0.3 is 10.6 Å². The molecule has 1 aliphatic carbocycles. The summed E-state index contributed by atoms with van der Waals surface area (Å²) in [5, 5.41) is 11.1. The molecule has 2 aromatic heterocycles. The first-order valence-corrected chi connectivity index (χ1v) is 10.9. The highest BCUT2D eigenvalue weighted by Crippen LogP contribution is 2.46. The molecule has 3 aromatic rings. The molecule has 156 valence electrons. The second-order valence-corrected chi connectivity index (χ2v) is 8.90. The number of hydrogen-bond acceptors (Lipinski definition) is 5. The third kappa shape index (κ3) is 3.75. The van der Waals surface area contributed by atoms with Crippen LogP contribution in [0.5, 0.6) is 0 Å². The van der Waals surface area contributed by atoms with E-state index in [1.165, 1.54) is 18.3 Å². The largest absolute Gasteiger partial charge is 0.347 e. The van der Waals surface area contributed by atoms with Crippen molar-refractivity contribution in [3.63, 3.8) is 0 Å². The highest BCUT2D eigenvalue weighted by Gasteiger charge is 2.35. The summed E-state index contributed by atoms with van der Waals surface area (Å²) in [6.07, 6.45) is 0.709. The summed E-state index contributed by atoms with van der Waals surface area (Å²) in [4.78, 5) is 30.2. The molecule has 0 radical (unpaired) electrons. The van der Waals surface area contributed by atoms with E-state index in [2.05, 4.69) is 22.5 Å². The average Bonchev–Trinajstić information content (AvgIpc) is 3.28. The fourth-order valence-electron chi connectivity index (χ4n) is 3.81. The Kier molecular flexibility index (Phi) is 5.42. The first kappa shape index (κ1) is 20.3. The topological polar surface area (TPSA) is 88.9 Å². The Labute approximate surface area is 179 Å². The lowest BCUT2D eigenvalue weighted by molar-refractivity contribution is -0.114. The van der Waals surface area contributed by atoms with E-state index >= 15 is 0 Å². The lowest BCUT2D eigenvalue weighted by Gasteiger charge is -2.21. The van der Waals surface area contributed by atoms with Crippen molar-refractivity contribution >= 4 is 28.3 Å². The lowest BCUT2D eigenvalue weighted by atomic mass is 9.87. The monoisotopic (exact) mass is 423 g/mol. The number of nitrogens with one attached hydrogen (secondary N) is 2. The van der Waals surface area contributed by atoms with Crippen LogP contribution in [-0.2, 0) is 17.8 Å². The summed E-state index contributed by atoms with van der Waals surface area (Å²) in [6.45, 7) is 8.12. The lowest BCUT2D eigenvalue weighted by Crippen LogP contribution is -2.25. The molecule has 1 unspecified atom stereocenters. The molecular weight excluding hydrogens is 398 g/mol. The molecule has 0 saturated carbocycles. The number of carbonyl (C=O) groups excluding carboxylic acids is 2. The first-order valence-electron chi connectivity index (χ1n) is 10.1. The van der Waals surface area contributed by atoms with Gasteiger partial charge in [-0.3, -0.25) is 14.3 Å². The van der Waals surface area contributed by atoms with E-state index in [0.717, 1.165) is 27.4 Å². The van der Waals surface area contributed by atoms with Gasteiger partial charge in [0.05, 0.1) is 16.3 Å². The Bertz CT molecular complexity index is 1100. The molecule has 30 heavy (non-hydrogen) atoms. The molecule has 8 heteroatoms. The van der Waals surface area contributed by atoms with Crippen molar-refractivity contribution in [3.8, 4) is 10.6 Å². The van der Waals surface area contributed by atoms with Crippen LogP contribution in [0.1, 0.15) is 67.0 Å². The maximum absolute atomic E-state index is 13.1. The fourth-order valence-corrected chi connectivity index (χ4v) is 4.91. The summed E-state index contributed by atoms with van der Waals surface area (Å²) in [6, 6.07) is 9.92. The quantitative estimate of drug-likeness (QED) is 0.646. The summed E-state index contributed by atoms with van der Waals surface area (Å²) >= 11 is 1.44. The van der Waals surface area contributed by atoms with Gasteiger partial charge in [-0.2, -0.15) is 5.10 Å². The SMILES string of the molecule is CC(=O)Nc1nc2c(s1)-c1c(c(C(=O)NCc3ccccc3)nn1C(C)C)C(C)C2. The van der Waals surface area contributed by atoms with Gasteiger partial charge in [-0.15, -0.1) is 0 Å². The predicted octanol–water partition coefficient (Wildman–Crippen LogP) is 4.14. The van der Waals surface area contributed by atoms with E-state index in [4.69, 9.17) is 5.10 Å². The molecule has 4 rings (SSSR count). The van der Waals surface area contributed by atoms with Crippen LogP contribution in [0.2, 0.25) is 0 Å². The second kappa shape index (κ2) is 8.02. The zero-order valence-electron chi connectivity index (χ0n) is 17.5. The van der Waals surface area contributed by atoms with Gasteiger partial charge in [0.1, 0.15) is 0 Å². The van der Waals surface area contributed by atoms with E-state index in [1.807, 2.05) is 48.9 Å². The summed E-state index contributed by atoms with van der Waals surface area (Å²) in [7, 11) is 0. The maximum Gasteiger partial charge on any atom is 0.272 e. The molecule has 0 spiro atoms. The van der Waals surface area contributed by atoms with Crippen LogP contribution in [0.4, 0.5) is 5.13 Å². The Morgan fingerprint density at radius 3 is 2.67 bits per heavy atom. The van der Waals surface area contributed by atoms with Gasteiger partial charge in [0, 0.05) is 25.1 Å². The van der Waals surface area contributed by atoms with Gasteiger partial charge in [-0.05, 0) is 31.7 Å². The Balaban J connectivity index is 1.73. The molecule has 1 atom stereocenters. The molecule has 0 aliphatic heterocycles. The molecule has 1 aromatic carbocycles. The van der Waals surface area contributed by atoms with Gasteiger partial charge in [0.2, 0.25) is 5.91 Å². The van der Waals surface area contributed by atoms with Gasteiger partial charge in [0.15, 0.2) is 10.8 Å². The van der Waals surface area contributed by atoms with Gasteiger partial charge in [-0.1, -0.05) is 48.6 Å². The van der Waals surface area contributed by atoms with Crippen molar-refractivity contribution in [2.75, 3.05) is 5.32 Å². The van der Waals surface area contributed by atoms with E-state index in [1.54, 1.807) is 0 Å². The van der Waals surface area contributed by atoms with Crippen LogP contribution in [0.15, 0.2) is 30.3 Å². The molecule has 7 nitrogen and oxygen atoms in total. The number of nitrogens with zero attached hydrogens (tertiary/aromatic N) is 3. The number of carbonyl (C=O) groups is 2. The van der Waals surface area contributed by atoms with Gasteiger partial charge >= 0.3 is 0 Å². The third-order valence-corrected chi connectivity index (χ3v) is 6.15. The normalized spacial score (nSPS) is 14.9. The summed E-state index contributed by atoms with van der Waals surface area (Å²) in [5.41, 5.74) is 4.36. The van der Waals surface area contributed by atoms with Crippen LogP contribution >= 0.6 is 11.3 Å². The summed E-state index contributed by atoms with van der Waals surface area (Å²) < 4.78 is 1.91. The molecule has 0 saturated heterocycles. The van der Waals surface area contributed by atoms with Crippen molar-refractivity contribution in [2.24, 2.45) is 0 Å². The van der Waals surface area contributed by atoms with Crippen molar-refractivity contribution in [1.82, 2.24) is 20.1 Å². The smallest absolute Gasteiger partial charge is 0.272 e. The molecule has 2 amide bonds. The number of fused-ring (bicyclic) bond motifs is 3. The van der Waals surface area contributed by atoms with E-state index in [-0.39, 0.29) is 23.8 Å². The third-order valence-electron chi connectivity index (χ3n) is 5.13. The standard InChI is InChI=1S/C22H25N5O2S/c1-12(2)27-19-17(13(3)10-16-20(19)30-22(25-16)24-14(4)28)18(26-27)21(29)23-11-15-8-6-5-7-9-15/h5-9,12-13H,10-11H2,1-4H3,(H,23,29)(H,24,25,28). The van der Waals surface area contributed by atoms with Crippen molar-refractivity contribution in [1.29, 1.82) is 0 Å². The Morgan fingerprint density at radius 1 is 1.27 bits per heavy atom. The molecule has 2 N–H and O–H groups in total. The molecule has 2 heterocycles. The van der Waals surface area contributed by atoms with E-state index in [0.29, 0.717) is 23.8 Å². The van der Waals surface area contributed by atoms with Crippen LogP contribution < -0.4 is 10.6 Å². The highest BCUT2D eigenvalue weighted by atomic mass is 32.1. The molecule has 1 aliphatic rings. The van der Waals surface area contributed by atoms with Crippen LogP contribution in [0.25, 0.3) is 10.6 Å². The average molecular weight is 424 g/mol. The molecule has 0 fully saturated rings. The summed E-state index contributed by atoms with van der Waals surface area (Å²) in [5.74, 6) is -0.214. The minimum Gasteiger partial charge on any atom is -0.347 e. The number of rotatable bonds is 5. The number of benzene rings is 1. The first-order chi connectivity index (χ1) is 14.3. The minimum absolute atomic E-state index is 0.0823. The predicted molar refractivity (Wildman–Crippen MR) is 118 cm³/mol. The molecule has 0 bridgehead atoms. The zero-order chi connectivity index (χ0) is 21.4. The number of hydrogen-bond donors (Lipinski definition) is 2. The van der Waals surface area contributed by atoms with Crippen LogP contribution in [-0.4, -0.2) is 26.6 Å².